The van der Waals surface area contributed by atoms with Crippen LogP contribution in [0.2, 0.25) is 0 Å². The number of nitrogens with one attached hydrogen (secondary N) is 4. The Labute approximate surface area is 231 Å². The van der Waals surface area contributed by atoms with Crippen molar-refractivity contribution < 1.29 is 33.4 Å². The molecule has 218 valence electrons. The van der Waals surface area contributed by atoms with Crippen molar-refractivity contribution in [1.29, 1.82) is 0 Å². The minimum atomic E-state index is -1.30. The normalized spacial score (nSPS) is 11.5. The SMILES string of the molecule is CCC(CC)CNC(=O)Cn1cccc(NC(=O)[C@H](CCC(=O)C(=O)OCCOC)NC(=O)c2cnc[nH]2)c1=O. The Hall–Kier alpha value is -4.33. The Bertz CT molecular complexity index is 1210. The molecule has 0 aliphatic rings. The quantitative estimate of drug-likeness (QED) is 0.120. The third-order valence-electron chi connectivity index (χ3n) is 6.11. The molecule has 0 saturated heterocycles. The third-order valence-corrected chi connectivity index (χ3v) is 6.11. The lowest BCUT2D eigenvalue weighted by Crippen LogP contribution is -2.45. The average molecular weight is 561 g/mol. The van der Waals surface area contributed by atoms with Gasteiger partial charge in [-0.25, -0.2) is 9.78 Å². The van der Waals surface area contributed by atoms with E-state index < -0.39 is 41.6 Å². The number of amides is 3. The molecule has 0 bridgehead atoms. The van der Waals surface area contributed by atoms with Gasteiger partial charge in [-0.15, -0.1) is 0 Å². The number of ketones is 1. The smallest absolute Gasteiger partial charge is 0.374 e. The highest BCUT2D eigenvalue weighted by Crippen LogP contribution is 2.08. The molecule has 0 saturated carbocycles. The molecule has 0 radical (unpaired) electrons. The molecule has 1 atom stereocenters. The van der Waals surface area contributed by atoms with Crippen LogP contribution in [0.5, 0.6) is 0 Å². The molecular weight excluding hydrogens is 524 g/mol. The Morgan fingerprint density at radius 1 is 1.12 bits per heavy atom. The van der Waals surface area contributed by atoms with Crippen LogP contribution in [0.4, 0.5) is 5.69 Å². The van der Waals surface area contributed by atoms with E-state index in [2.05, 4.69) is 25.9 Å². The van der Waals surface area contributed by atoms with Gasteiger partial charge in [0.2, 0.25) is 17.6 Å². The number of methoxy groups -OCH3 is 1. The first-order valence-corrected chi connectivity index (χ1v) is 12.9. The van der Waals surface area contributed by atoms with Crippen LogP contribution < -0.4 is 21.5 Å². The van der Waals surface area contributed by atoms with Crippen LogP contribution in [-0.2, 0) is 35.2 Å². The van der Waals surface area contributed by atoms with E-state index in [9.17, 15) is 28.8 Å². The molecule has 0 fully saturated rings. The van der Waals surface area contributed by atoms with Crippen LogP contribution in [0.3, 0.4) is 0 Å². The molecule has 4 N–H and O–H groups in total. The summed E-state index contributed by atoms with van der Waals surface area (Å²) in [5.74, 6) is -3.50. The van der Waals surface area contributed by atoms with Gasteiger partial charge in [0, 0.05) is 26.3 Å². The summed E-state index contributed by atoms with van der Waals surface area (Å²) in [6, 6.07) is 1.54. The van der Waals surface area contributed by atoms with Crippen molar-refractivity contribution in [2.24, 2.45) is 5.92 Å². The number of carbonyl (C=O) groups is 5. The number of Topliss-reactive ketones (excluding diaryl/α,β-unsaturated/α-hetero) is 1. The summed E-state index contributed by atoms with van der Waals surface area (Å²) in [6.45, 7) is 4.31. The van der Waals surface area contributed by atoms with E-state index in [1.165, 1.54) is 38.0 Å². The maximum Gasteiger partial charge on any atom is 0.374 e. The number of imidazole rings is 1. The number of rotatable bonds is 17. The van der Waals surface area contributed by atoms with Crippen molar-refractivity contribution in [3.63, 3.8) is 0 Å². The first-order valence-electron chi connectivity index (χ1n) is 12.9. The molecule has 0 aromatic carbocycles. The molecule has 2 rings (SSSR count). The van der Waals surface area contributed by atoms with E-state index in [1.54, 1.807) is 0 Å². The number of H-pyrrole nitrogens is 1. The van der Waals surface area contributed by atoms with E-state index in [0.717, 1.165) is 17.4 Å². The first kappa shape index (κ1) is 31.9. The molecular formula is C26H36N6O8. The second kappa shape index (κ2) is 16.6. The maximum absolute atomic E-state index is 13.1. The van der Waals surface area contributed by atoms with Gasteiger partial charge in [0.15, 0.2) is 0 Å². The fourth-order valence-electron chi connectivity index (χ4n) is 3.58. The Kier molecular flexibility index (Phi) is 13.2. The number of esters is 1. The third kappa shape index (κ3) is 10.1. The van der Waals surface area contributed by atoms with E-state index in [-0.39, 0.29) is 43.5 Å². The standard InChI is InChI=1S/C26H36N6O8/c1-4-17(5-2)13-28-22(34)15-32-10-6-7-19(25(32)37)31-23(35)18(30-24(36)20-14-27-16-29-20)8-9-21(33)26(38)40-12-11-39-3/h6-7,10,14,16-18H,4-5,8-9,11-13,15H2,1-3H3,(H,27,29)(H,28,34)(H,30,36)(H,31,35)/t18-/m0/s1. The van der Waals surface area contributed by atoms with Crippen LogP contribution >= 0.6 is 0 Å². The zero-order chi connectivity index (χ0) is 29.5. The lowest BCUT2D eigenvalue weighted by molar-refractivity contribution is -0.154. The monoisotopic (exact) mass is 560 g/mol. The predicted molar refractivity (Wildman–Crippen MR) is 143 cm³/mol. The van der Waals surface area contributed by atoms with Gasteiger partial charge in [-0.2, -0.15) is 0 Å². The van der Waals surface area contributed by atoms with Gasteiger partial charge in [0.05, 0.1) is 19.1 Å². The number of hydrogen-bond acceptors (Lipinski definition) is 9. The maximum atomic E-state index is 13.1. The Morgan fingerprint density at radius 3 is 2.52 bits per heavy atom. The Balaban J connectivity index is 2.11. The van der Waals surface area contributed by atoms with Crippen LogP contribution in [-0.4, -0.2) is 76.9 Å². The lowest BCUT2D eigenvalue weighted by atomic mass is 10.0. The van der Waals surface area contributed by atoms with Crippen molar-refractivity contribution in [2.45, 2.75) is 52.1 Å². The second-order valence-electron chi connectivity index (χ2n) is 8.91. The zero-order valence-electron chi connectivity index (χ0n) is 22.9. The van der Waals surface area contributed by atoms with E-state index >= 15 is 0 Å². The van der Waals surface area contributed by atoms with E-state index in [4.69, 9.17) is 9.47 Å². The Morgan fingerprint density at radius 2 is 1.88 bits per heavy atom. The highest BCUT2D eigenvalue weighted by atomic mass is 16.6. The molecule has 0 unspecified atom stereocenters. The van der Waals surface area contributed by atoms with Gasteiger partial charge in [-0.05, 0) is 24.5 Å². The van der Waals surface area contributed by atoms with E-state index in [0.29, 0.717) is 12.5 Å². The molecule has 0 aliphatic carbocycles. The molecule has 40 heavy (non-hydrogen) atoms. The zero-order valence-corrected chi connectivity index (χ0v) is 22.9. The molecule has 14 nitrogen and oxygen atoms in total. The minimum Gasteiger partial charge on any atom is -0.458 e. The largest absolute Gasteiger partial charge is 0.458 e. The predicted octanol–water partition coefficient (Wildman–Crippen LogP) is 0.400. The number of hydrogen-bond donors (Lipinski definition) is 4. The van der Waals surface area contributed by atoms with Gasteiger partial charge in [-0.1, -0.05) is 26.7 Å². The van der Waals surface area contributed by atoms with Gasteiger partial charge in [0.25, 0.3) is 11.5 Å². The fraction of sp³-hybridized carbons (Fsp3) is 0.500. The summed E-state index contributed by atoms with van der Waals surface area (Å²) < 4.78 is 10.7. The summed E-state index contributed by atoms with van der Waals surface area (Å²) in [7, 11) is 1.41. The van der Waals surface area contributed by atoms with Crippen molar-refractivity contribution in [3.05, 3.63) is 46.9 Å². The summed E-state index contributed by atoms with van der Waals surface area (Å²) in [5, 5.41) is 7.73. The van der Waals surface area contributed by atoms with Crippen molar-refractivity contribution in [2.75, 3.05) is 32.2 Å². The van der Waals surface area contributed by atoms with Crippen LogP contribution in [0.25, 0.3) is 0 Å². The van der Waals surface area contributed by atoms with E-state index in [1.807, 2.05) is 13.8 Å². The number of ether oxygens (including phenoxy) is 2. The van der Waals surface area contributed by atoms with Gasteiger partial charge in [0.1, 0.15) is 30.6 Å². The molecule has 2 heterocycles. The highest BCUT2D eigenvalue weighted by molar-refractivity contribution is 6.33. The highest BCUT2D eigenvalue weighted by Gasteiger charge is 2.26. The number of aromatic amines is 1. The summed E-state index contributed by atoms with van der Waals surface area (Å²) in [5.41, 5.74) is -0.707. The molecule has 2 aromatic rings. The van der Waals surface area contributed by atoms with Crippen LogP contribution in [0.1, 0.15) is 50.0 Å². The fourth-order valence-corrected chi connectivity index (χ4v) is 3.58. The number of aromatic nitrogens is 3. The lowest BCUT2D eigenvalue weighted by Gasteiger charge is -2.18. The van der Waals surface area contributed by atoms with Crippen molar-refractivity contribution >= 4 is 35.2 Å². The number of pyridine rings is 1. The number of anilines is 1. The first-order chi connectivity index (χ1) is 19.2. The van der Waals surface area contributed by atoms with Crippen molar-refractivity contribution in [1.82, 2.24) is 25.2 Å². The minimum absolute atomic E-state index is 0.0598. The van der Waals surface area contributed by atoms with Crippen LogP contribution in [0.15, 0.2) is 35.6 Å². The molecule has 0 spiro atoms. The topological polar surface area (TPSA) is 191 Å². The van der Waals surface area contributed by atoms with Gasteiger partial charge >= 0.3 is 5.97 Å². The average Bonchev–Trinajstić information content (AvgIpc) is 3.49. The number of nitrogens with zero attached hydrogens (tertiary/aromatic N) is 2. The summed E-state index contributed by atoms with van der Waals surface area (Å²) in [4.78, 5) is 81.4. The van der Waals surface area contributed by atoms with Gasteiger partial charge < -0.3 is 35.0 Å². The van der Waals surface area contributed by atoms with Gasteiger partial charge in [-0.3, -0.25) is 24.0 Å². The van der Waals surface area contributed by atoms with Crippen molar-refractivity contribution in [3.8, 4) is 0 Å². The molecule has 0 aliphatic heterocycles. The molecule has 3 amide bonds. The molecule has 14 heteroatoms. The molecule has 2 aromatic heterocycles. The van der Waals surface area contributed by atoms with Crippen LogP contribution in [0, 0.1) is 5.92 Å². The number of carbonyl (C=O) groups excluding carboxylic acids is 5. The second-order valence-corrected chi connectivity index (χ2v) is 8.91. The summed E-state index contributed by atoms with van der Waals surface area (Å²) in [6.07, 6.45) is 5.09. The summed E-state index contributed by atoms with van der Waals surface area (Å²) >= 11 is 0.